The summed E-state index contributed by atoms with van der Waals surface area (Å²) in [5.41, 5.74) is 4.78. The van der Waals surface area contributed by atoms with E-state index in [-0.39, 0.29) is 47.6 Å². The van der Waals surface area contributed by atoms with Gasteiger partial charge in [0, 0.05) is 26.4 Å². The number of hydrogen-bond donors (Lipinski definition) is 2. The fourth-order valence-corrected chi connectivity index (χ4v) is 3.63. The Kier molecular flexibility index (Phi) is 5.52. The highest BCUT2D eigenvalue weighted by Gasteiger charge is 2.34. The van der Waals surface area contributed by atoms with Gasteiger partial charge in [0.25, 0.3) is 0 Å². The number of carbonyl (C=O) groups is 1. The Hall–Kier alpha value is -2.72. The topological polar surface area (TPSA) is 107 Å². The predicted octanol–water partition coefficient (Wildman–Crippen LogP) is 0.979. The van der Waals surface area contributed by atoms with Crippen LogP contribution in [-0.4, -0.2) is 61.8 Å². The number of methoxy groups -OCH3 is 2. The molecule has 3 N–H and O–H groups in total. The lowest BCUT2D eigenvalue weighted by atomic mass is 10.1. The molecule has 0 aliphatic carbocycles. The molecule has 8 nitrogen and oxygen atoms in total. The van der Waals surface area contributed by atoms with E-state index in [4.69, 9.17) is 15.2 Å². The number of hydrogen-bond acceptors (Lipinski definition) is 6. The number of alkyl halides is 1. The Morgan fingerprint density at radius 3 is 2.64 bits per heavy atom. The average Bonchev–Trinajstić information content (AvgIpc) is 3.03. The third-order valence-corrected chi connectivity index (χ3v) is 4.93. The van der Waals surface area contributed by atoms with E-state index in [1.54, 1.807) is 4.90 Å². The number of aromatic nitrogens is 1. The van der Waals surface area contributed by atoms with Crippen molar-refractivity contribution < 1.29 is 28.2 Å². The molecule has 1 aliphatic rings. The van der Waals surface area contributed by atoms with Gasteiger partial charge in [-0.25, -0.2) is 13.6 Å². The third kappa shape index (κ3) is 3.18. The Morgan fingerprint density at radius 1 is 1.39 bits per heavy atom. The maximum Gasteiger partial charge on any atom is 0.341 e. The number of benzene rings is 1. The predicted molar refractivity (Wildman–Crippen MR) is 98.6 cm³/mol. The van der Waals surface area contributed by atoms with Gasteiger partial charge in [-0.05, 0) is 6.07 Å². The molecule has 2 heterocycles. The van der Waals surface area contributed by atoms with Gasteiger partial charge < -0.3 is 29.8 Å². The van der Waals surface area contributed by atoms with Crippen molar-refractivity contribution >= 4 is 22.6 Å². The number of rotatable bonds is 6. The highest BCUT2D eigenvalue weighted by Crippen LogP contribution is 2.39. The number of ether oxygens (including phenoxy) is 2. The molecular weight excluding hydrogens is 376 g/mol. The van der Waals surface area contributed by atoms with Crippen LogP contribution in [0.15, 0.2) is 17.1 Å². The first-order valence-electron chi connectivity index (χ1n) is 8.60. The summed E-state index contributed by atoms with van der Waals surface area (Å²) in [6.07, 6.45) is 0.729. The summed E-state index contributed by atoms with van der Waals surface area (Å²) in [5, 5.41) is 9.06. The summed E-state index contributed by atoms with van der Waals surface area (Å²) in [6, 6.07) is 0.606. The van der Waals surface area contributed by atoms with Crippen LogP contribution in [0, 0.1) is 5.82 Å². The van der Waals surface area contributed by atoms with E-state index < -0.39 is 29.5 Å². The van der Waals surface area contributed by atoms with Crippen molar-refractivity contribution in [3.05, 3.63) is 33.9 Å². The molecule has 1 saturated heterocycles. The smallest absolute Gasteiger partial charge is 0.341 e. The number of halogens is 2. The first-order valence-corrected chi connectivity index (χ1v) is 8.60. The van der Waals surface area contributed by atoms with Gasteiger partial charge in [0.05, 0.1) is 36.7 Å². The molecule has 0 saturated carbocycles. The quantitative estimate of drug-likeness (QED) is 0.748. The highest BCUT2D eigenvalue weighted by atomic mass is 19.1. The van der Waals surface area contributed by atoms with E-state index in [0.29, 0.717) is 6.54 Å². The fraction of sp³-hybridized carbons (Fsp3) is 0.444. The van der Waals surface area contributed by atoms with Crippen molar-refractivity contribution in [3.63, 3.8) is 0 Å². The largest absolute Gasteiger partial charge is 0.492 e. The molecule has 0 bridgehead atoms. The highest BCUT2D eigenvalue weighted by molar-refractivity contribution is 5.97. The number of carboxylic acid groups (broad SMARTS) is 1. The summed E-state index contributed by atoms with van der Waals surface area (Å²) in [7, 11) is 2.81. The third-order valence-electron chi connectivity index (χ3n) is 4.93. The van der Waals surface area contributed by atoms with Gasteiger partial charge in [0.1, 0.15) is 17.9 Å². The molecule has 2 aromatic rings. The molecule has 152 valence electrons. The molecule has 0 radical (unpaired) electrons. The Bertz CT molecular complexity index is 978. The summed E-state index contributed by atoms with van der Waals surface area (Å²) >= 11 is 0. The zero-order chi connectivity index (χ0) is 20.6. The lowest BCUT2D eigenvalue weighted by molar-refractivity contribution is 0.0694. The van der Waals surface area contributed by atoms with E-state index in [2.05, 4.69) is 0 Å². The molecule has 1 fully saturated rings. The number of nitrogens with zero attached hydrogens (tertiary/aromatic N) is 2. The van der Waals surface area contributed by atoms with E-state index in [0.717, 1.165) is 12.3 Å². The molecule has 3 rings (SSSR count). The zero-order valence-electron chi connectivity index (χ0n) is 15.4. The average molecular weight is 397 g/mol. The van der Waals surface area contributed by atoms with Gasteiger partial charge in [-0.1, -0.05) is 0 Å². The summed E-state index contributed by atoms with van der Waals surface area (Å²) in [5.74, 6) is -2.22. The molecule has 1 aromatic heterocycles. The number of fused-ring (bicyclic) bond motifs is 1. The minimum atomic E-state index is -1.48. The molecule has 10 heteroatoms. The molecule has 1 aromatic carbocycles. The second-order valence-electron chi connectivity index (χ2n) is 6.54. The molecular formula is C18H21F2N3O5. The van der Waals surface area contributed by atoms with Gasteiger partial charge >= 0.3 is 5.97 Å². The van der Waals surface area contributed by atoms with Crippen LogP contribution in [0.5, 0.6) is 5.75 Å². The fourth-order valence-electron chi connectivity index (χ4n) is 3.63. The van der Waals surface area contributed by atoms with E-state index in [9.17, 15) is 19.1 Å². The van der Waals surface area contributed by atoms with Gasteiger partial charge in [-0.2, -0.15) is 0 Å². The minimum absolute atomic E-state index is 0.0152. The van der Waals surface area contributed by atoms with Gasteiger partial charge in [-0.3, -0.25) is 4.79 Å². The van der Waals surface area contributed by atoms with Crippen LogP contribution in [0.4, 0.5) is 14.5 Å². The number of aryl methyl sites for hydroxylation is 1. The monoisotopic (exact) mass is 397 g/mol. The lowest BCUT2D eigenvalue weighted by Crippen LogP contribution is -2.34. The molecule has 0 amide bonds. The Labute approximate surface area is 159 Å². The molecule has 28 heavy (non-hydrogen) atoms. The maximum absolute atomic E-state index is 15.0. The summed E-state index contributed by atoms with van der Waals surface area (Å²) in [6.45, 7) is -0.444. The van der Waals surface area contributed by atoms with Crippen LogP contribution in [0.25, 0.3) is 10.9 Å². The van der Waals surface area contributed by atoms with Crippen LogP contribution in [0.3, 0.4) is 0 Å². The standard InChI is InChI=1S/C18H21F2N3O5/c1-27-13-8-23(7-12(13)21)15-11(20)5-9-14(17(15)28-2)22(4-3-19)6-10(16(9)24)18(25)26/h5-6,12-13H,3-4,7-8,21H2,1-2H3,(H,25,26)/t12-,13+/m0/s1. The number of carboxylic acids is 1. The van der Waals surface area contributed by atoms with E-state index in [1.807, 2.05) is 0 Å². The van der Waals surface area contributed by atoms with E-state index >= 15 is 4.39 Å². The van der Waals surface area contributed by atoms with Crippen molar-refractivity contribution in [2.75, 3.05) is 38.9 Å². The van der Waals surface area contributed by atoms with Gasteiger partial charge in [-0.15, -0.1) is 0 Å². The number of aromatic carboxylic acids is 1. The number of nitrogens with two attached hydrogens (primary N) is 1. The molecule has 2 atom stereocenters. The lowest BCUT2D eigenvalue weighted by Gasteiger charge is -2.24. The van der Waals surface area contributed by atoms with Crippen LogP contribution in [-0.2, 0) is 11.3 Å². The van der Waals surface area contributed by atoms with Crippen LogP contribution in [0.1, 0.15) is 10.4 Å². The Morgan fingerprint density at radius 2 is 2.11 bits per heavy atom. The SMILES string of the molecule is COc1c(N2C[C@H](N)[C@H](OC)C2)c(F)cc2c(=O)c(C(=O)O)cn(CCF)c12. The van der Waals surface area contributed by atoms with Crippen LogP contribution >= 0.6 is 0 Å². The van der Waals surface area contributed by atoms with Gasteiger partial charge in [0.2, 0.25) is 5.43 Å². The van der Waals surface area contributed by atoms with Crippen molar-refractivity contribution in [2.45, 2.75) is 18.7 Å². The second kappa shape index (κ2) is 7.72. The van der Waals surface area contributed by atoms with Crippen molar-refractivity contribution in [3.8, 4) is 5.75 Å². The molecule has 0 spiro atoms. The minimum Gasteiger partial charge on any atom is -0.492 e. The second-order valence-corrected chi connectivity index (χ2v) is 6.54. The van der Waals surface area contributed by atoms with Crippen molar-refractivity contribution in [1.82, 2.24) is 4.57 Å². The maximum atomic E-state index is 15.0. The number of pyridine rings is 1. The van der Waals surface area contributed by atoms with Crippen molar-refractivity contribution in [1.29, 1.82) is 0 Å². The van der Waals surface area contributed by atoms with E-state index in [1.165, 1.54) is 18.8 Å². The first kappa shape index (κ1) is 20.0. The normalized spacial score (nSPS) is 19.4. The Balaban J connectivity index is 2.32. The van der Waals surface area contributed by atoms with Crippen LogP contribution in [0.2, 0.25) is 0 Å². The molecule has 1 aliphatic heterocycles. The van der Waals surface area contributed by atoms with Crippen molar-refractivity contribution in [2.24, 2.45) is 5.73 Å². The van der Waals surface area contributed by atoms with Crippen LogP contribution < -0.4 is 20.8 Å². The first-order chi connectivity index (χ1) is 13.3. The number of anilines is 1. The zero-order valence-corrected chi connectivity index (χ0v) is 15.4. The summed E-state index contributed by atoms with van der Waals surface area (Å²) in [4.78, 5) is 25.6. The summed E-state index contributed by atoms with van der Waals surface area (Å²) < 4.78 is 40.1. The van der Waals surface area contributed by atoms with Gasteiger partial charge in [0.15, 0.2) is 11.6 Å². The molecule has 0 unspecified atom stereocenters.